The van der Waals surface area contributed by atoms with Crippen LogP contribution in [0.1, 0.15) is 24.2 Å². The summed E-state index contributed by atoms with van der Waals surface area (Å²) in [5.41, 5.74) is 1.17. The number of amides is 1. The van der Waals surface area contributed by atoms with Crippen molar-refractivity contribution in [1.29, 1.82) is 0 Å². The van der Waals surface area contributed by atoms with Crippen LogP contribution < -0.4 is 19.5 Å². The summed E-state index contributed by atoms with van der Waals surface area (Å²) < 4.78 is 16.0. The molecule has 0 aliphatic carbocycles. The molecule has 1 amide bonds. The standard InChI is InChI=1S/C19H21NO5/c1-4-24-16-8-6-15(7-9-16)20-19(22)12-25-17-10-5-14(13(2)21)11-18(17)23-3/h5-11H,4,12H2,1-3H3,(H,20,22). The predicted molar refractivity (Wildman–Crippen MR) is 94.7 cm³/mol. The summed E-state index contributed by atoms with van der Waals surface area (Å²) in [6.45, 7) is 3.79. The highest BCUT2D eigenvalue weighted by molar-refractivity contribution is 5.95. The van der Waals surface area contributed by atoms with Gasteiger partial charge in [-0.3, -0.25) is 9.59 Å². The average Bonchev–Trinajstić information content (AvgIpc) is 2.61. The lowest BCUT2D eigenvalue weighted by Gasteiger charge is -2.12. The summed E-state index contributed by atoms with van der Waals surface area (Å²) in [4.78, 5) is 23.4. The number of ketones is 1. The third kappa shape index (κ3) is 5.24. The molecular formula is C19H21NO5. The maximum absolute atomic E-state index is 12.0. The van der Waals surface area contributed by atoms with Gasteiger partial charge in [-0.15, -0.1) is 0 Å². The molecule has 0 aromatic heterocycles. The van der Waals surface area contributed by atoms with Crippen LogP contribution in [0, 0.1) is 0 Å². The molecule has 0 atom stereocenters. The number of methoxy groups -OCH3 is 1. The zero-order valence-corrected chi connectivity index (χ0v) is 14.5. The van der Waals surface area contributed by atoms with Gasteiger partial charge in [-0.2, -0.15) is 0 Å². The Kier molecular flexibility index (Phi) is 6.39. The molecule has 0 saturated heterocycles. The Balaban J connectivity index is 1.94. The third-order valence-electron chi connectivity index (χ3n) is 3.38. The maximum atomic E-state index is 12.0. The Morgan fingerprint density at radius 1 is 1.00 bits per heavy atom. The van der Waals surface area contributed by atoms with Crippen molar-refractivity contribution in [3.05, 3.63) is 48.0 Å². The van der Waals surface area contributed by atoms with Gasteiger partial charge in [0.1, 0.15) is 5.75 Å². The highest BCUT2D eigenvalue weighted by Gasteiger charge is 2.10. The second-order valence-electron chi connectivity index (χ2n) is 5.22. The van der Waals surface area contributed by atoms with Gasteiger partial charge in [0.15, 0.2) is 23.9 Å². The lowest BCUT2D eigenvalue weighted by atomic mass is 10.1. The molecule has 0 unspecified atom stereocenters. The van der Waals surface area contributed by atoms with Crippen molar-refractivity contribution in [3.63, 3.8) is 0 Å². The number of ether oxygens (including phenoxy) is 3. The van der Waals surface area contributed by atoms with Crippen molar-refractivity contribution in [3.8, 4) is 17.2 Å². The van der Waals surface area contributed by atoms with Crippen LogP contribution in [0.25, 0.3) is 0 Å². The molecule has 0 heterocycles. The van der Waals surface area contributed by atoms with Gasteiger partial charge in [-0.1, -0.05) is 0 Å². The van der Waals surface area contributed by atoms with Gasteiger partial charge in [0.25, 0.3) is 5.91 Å². The number of anilines is 1. The predicted octanol–water partition coefficient (Wildman–Crippen LogP) is 3.31. The Morgan fingerprint density at radius 3 is 2.32 bits per heavy atom. The van der Waals surface area contributed by atoms with Crippen LogP contribution in [0.5, 0.6) is 17.2 Å². The van der Waals surface area contributed by atoms with Crippen molar-refractivity contribution >= 4 is 17.4 Å². The van der Waals surface area contributed by atoms with E-state index >= 15 is 0 Å². The van der Waals surface area contributed by atoms with Crippen LogP contribution in [0.15, 0.2) is 42.5 Å². The fraction of sp³-hybridized carbons (Fsp3) is 0.263. The second-order valence-corrected chi connectivity index (χ2v) is 5.22. The first kappa shape index (κ1) is 18.3. The summed E-state index contributed by atoms with van der Waals surface area (Å²) in [6.07, 6.45) is 0. The number of carbonyl (C=O) groups is 2. The fourth-order valence-corrected chi connectivity index (χ4v) is 2.15. The molecule has 2 aromatic rings. The normalized spacial score (nSPS) is 10.0. The van der Waals surface area contributed by atoms with Crippen molar-refractivity contribution in [2.24, 2.45) is 0 Å². The van der Waals surface area contributed by atoms with Crippen LogP contribution in [-0.2, 0) is 4.79 Å². The molecule has 0 saturated carbocycles. The molecule has 0 spiro atoms. The minimum Gasteiger partial charge on any atom is -0.494 e. The number of hydrogen-bond donors (Lipinski definition) is 1. The maximum Gasteiger partial charge on any atom is 0.262 e. The first-order valence-electron chi connectivity index (χ1n) is 7.88. The van der Waals surface area contributed by atoms with Crippen LogP contribution in [0.2, 0.25) is 0 Å². The van der Waals surface area contributed by atoms with Crippen LogP contribution in [0.4, 0.5) is 5.69 Å². The summed E-state index contributed by atoms with van der Waals surface area (Å²) in [5, 5.41) is 2.73. The van der Waals surface area contributed by atoms with Gasteiger partial charge in [0, 0.05) is 11.3 Å². The number of hydrogen-bond acceptors (Lipinski definition) is 5. The highest BCUT2D eigenvalue weighted by atomic mass is 16.5. The number of benzene rings is 2. The molecule has 6 heteroatoms. The first-order valence-corrected chi connectivity index (χ1v) is 7.88. The van der Waals surface area contributed by atoms with Gasteiger partial charge < -0.3 is 19.5 Å². The van der Waals surface area contributed by atoms with Gasteiger partial charge in [0.2, 0.25) is 0 Å². The van der Waals surface area contributed by atoms with Gasteiger partial charge in [-0.05, 0) is 56.3 Å². The summed E-state index contributed by atoms with van der Waals surface area (Å²) in [5.74, 6) is 1.17. The number of carbonyl (C=O) groups excluding carboxylic acids is 2. The van der Waals surface area contributed by atoms with E-state index in [4.69, 9.17) is 14.2 Å². The molecule has 2 rings (SSSR count). The van der Waals surface area contributed by atoms with Crippen LogP contribution in [0.3, 0.4) is 0 Å². The van der Waals surface area contributed by atoms with Crippen molar-refractivity contribution < 1.29 is 23.8 Å². The summed E-state index contributed by atoms with van der Waals surface area (Å²) in [6, 6.07) is 11.9. The largest absolute Gasteiger partial charge is 0.494 e. The zero-order valence-electron chi connectivity index (χ0n) is 14.5. The van der Waals surface area contributed by atoms with E-state index in [1.807, 2.05) is 6.92 Å². The van der Waals surface area contributed by atoms with Gasteiger partial charge in [0.05, 0.1) is 13.7 Å². The fourth-order valence-electron chi connectivity index (χ4n) is 2.15. The summed E-state index contributed by atoms with van der Waals surface area (Å²) >= 11 is 0. The smallest absolute Gasteiger partial charge is 0.262 e. The topological polar surface area (TPSA) is 73.9 Å². The molecule has 0 aliphatic rings. The Hall–Kier alpha value is -3.02. The van der Waals surface area contributed by atoms with E-state index in [-0.39, 0.29) is 18.3 Å². The van der Waals surface area contributed by atoms with E-state index in [0.717, 1.165) is 5.75 Å². The molecule has 25 heavy (non-hydrogen) atoms. The molecule has 0 radical (unpaired) electrons. The van der Waals surface area contributed by atoms with E-state index in [9.17, 15) is 9.59 Å². The SMILES string of the molecule is CCOc1ccc(NC(=O)COc2ccc(C(C)=O)cc2OC)cc1. The quantitative estimate of drug-likeness (QED) is 0.744. The van der Waals surface area contributed by atoms with E-state index in [1.54, 1.807) is 42.5 Å². The Morgan fingerprint density at radius 2 is 1.72 bits per heavy atom. The van der Waals surface area contributed by atoms with Crippen molar-refractivity contribution in [1.82, 2.24) is 0 Å². The zero-order chi connectivity index (χ0) is 18.2. The lowest BCUT2D eigenvalue weighted by Crippen LogP contribution is -2.20. The molecule has 0 fully saturated rings. The molecule has 0 aliphatic heterocycles. The van der Waals surface area contributed by atoms with E-state index in [0.29, 0.717) is 29.4 Å². The third-order valence-corrected chi connectivity index (χ3v) is 3.38. The molecule has 132 valence electrons. The molecule has 6 nitrogen and oxygen atoms in total. The van der Waals surface area contributed by atoms with Crippen LogP contribution in [-0.4, -0.2) is 32.0 Å². The Labute approximate surface area is 146 Å². The Bertz CT molecular complexity index is 740. The lowest BCUT2D eigenvalue weighted by molar-refractivity contribution is -0.118. The number of Topliss-reactive ketones (excluding diaryl/α,β-unsaturated/α-hetero) is 1. The minimum absolute atomic E-state index is 0.0712. The van der Waals surface area contributed by atoms with E-state index in [2.05, 4.69) is 5.32 Å². The van der Waals surface area contributed by atoms with Gasteiger partial charge >= 0.3 is 0 Å². The molecule has 1 N–H and O–H groups in total. The van der Waals surface area contributed by atoms with Crippen molar-refractivity contribution in [2.45, 2.75) is 13.8 Å². The van der Waals surface area contributed by atoms with Gasteiger partial charge in [-0.25, -0.2) is 0 Å². The molecule has 0 bridgehead atoms. The second kappa shape index (κ2) is 8.73. The van der Waals surface area contributed by atoms with E-state index < -0.39 is 0 Å². The monoisotopic (exact) mass is 343 g/mol. The minimum atomic E-state index is -0.304. The highest BCUT2D eigenvalue weighted by Crippen LogP contribution is 2.28. The van der Waals surface area contributed by atoms with Crippen LogP contribution >= 0.6 is 0 Å². The van der Waals surface area contributed by atoms with E-state index in [1.165, 1.54) is 14.0 Å². The number of rotatable bonds is 8. The molecule has 2 aromatic carbocycles. The molecular weight excluding hydrogens is 322 g/mol. The number of nitrogens with one attached hydrogen (secondary N) is 1. The van der Waals surface area contributed by atoms with Crippen molar-refractivity contribution in [2.75, 3.05) is 25.6 Å². The summed E-state index contributed by atoms with van der Waals surface area (Å²) in [7, 11) is 1.48. The first-order chi connectivity index (χ1) is 12.0. The average molecular weight is 343 g/mol.